The minimum Gasteiger partial charge on any atom is -0.326 e. The van der Waals surface area contributed by atoms with Crippen molar-refractivity contribution in [2.45, 2.75) is 0 Å². The van der Waals surface area contributed by atoms with Crippen LogP contribution in [0.15, 0.2) is 39.9 Å². The molecule has 1 aromatic heterocycles. The Hall–Kier alpha value is -1.49. The Morgan fingerprint density at radius 3 is 2.87 bits per heavy atom. The highest BCUT2D eigenvalue weighted by molar-refractivity contribution is 9.10. The number of hydrogen-bond donors (Lipinski definition) is 1. The average Bonchev–Trinajstić information content (AvgIpc) is 2.23. The predicted molar refractivity (Wildman–Crippen MR) is 58.0 cm³/mol. The second kappa shape index (κ2) is 3.94. The molecule has 0 saturated carbocycles. The molecular weight excluding hydrogens is 263 g/mol. The van der Waals surface area contributed by atoms with Crippen molar-refractivity contribution in [1.29, 1.82) is 0 Å². The fraction of sp³-hybridized carbons (Fsp3) is 0. The summed E-state index contributed by atoms with van der Waals surface area (Å²) < 4.78 is 13.6. The average molecular weight is 269 g/mol. The maximum Gasteiger partial charge on any atom is 0.274 e. The molecule has 0 aliphatic carbocycles. The first-order valence-electron chi connectivity index (χ1n) is 4.17. The molecule has 3 nitrogen and oxygen atoms in total. The van der Waals surface area contributed by atoms with E-state index in [-0.39, 0.29) is 11.3 Å². The number of halogens is 2. The van der Waals surface area contributed by atoms with Crippen LogP contribution < -0.4 is 5.56 Å². The number of nitrogens with zero attached hydrogens (tertiary/aromatic N) is 1. The van der Waals surface area contributed by atoms with Gasteiger partial charge in [-0.15, -0.1) is 0 Å². The van der Waals surface area contributed by atoms with E-state index in [9.17, 15) is 9.18 Å². The minimum atomic E-state index is -0.419. The van der Waals surface area contributed by atoms with E-state index in [1.807, 2.05) is 0 Å². The molecule has 0 unspecified atom stereocenters. The molecule has 1 heterocycles. The lowest BCUT2D eigenvalue weighted by atomic mass is 10.1. The van der Waals surface area contributed by atoms with E-state index >= 15 is 0 Å². The van der Waals surface area contributed by atoms with Crippen LogP contribution in [0.2, 0.25) is 0 Å². The molecule has 76 valence electrons. The third kappa shape index (κ3) is 1.97. The predicted octanol–water partition coefficient (Wildman–Crippen LogP) is 2.34. The molecule has 0 amide bonds. The quantitative estimate of drug-likeness (QED) is 0.863. The van der Waals surface area contributed by atoms with Gasteiger partial charge in [0.25, 0.3) is 5.56 Å². The van der Waals surface area contributed by atoms with Crippen LogP contribution in [0, 0.1) is 5.82 Å². The Balaban J connectivity index is 2.60. The van der Waals surface area contributed by atoms with Gasteiger partial charge in [0.15, 0.2) is 0 Å². The van der Waals surface area contributed by atoms with Gasteiger partial charge in [0, 0.05) is 18.0 Å². The first kappa shape index (κ1) is 10.0. The number of aromatic amines is 1. The molecule has 0 spiro atoms. The summed E-state index contributed by atoms with van der Waals surface area (Å²) in [4.78, 5) is 17.7. The van der Waals surface area contributed by atoms with Crippen molar-refractivity contribution in [3.8, 4) is 11.3 Å². The van der Waals surface area contributed by atoms with Crippen molar-refractivity contribution in [2.24, 2.45) is 0 Å². The maximum absolute atomic E-state index is 13.2. The highest BCUT2D eigenvalue weighted by atomic mass is 79.9. The Morgan fingerprint density at radius 1 is 1.40 bits per heavy atom. The molecule has 5 heteroatoms. The molecule has 2 aromatic rings. The number of hydrogen-bond acceptors (Lipinski definition) is 2. The maximum atomic E-state index is 13.2. The summed E-state index contributed by atoms with van der Waals surface area (Å²) in [6.07, 6.45) is 2.89. The first-order valence-corrected chi connectivity index (χ1v) is 4.97. The normalized spacial score (nSPS) is 10.3. The van der Waals surface area contributed by atoms with Gasteiger partial charge in [-0.1, -0.05) is 6.07 Å². The molecule has 0 aliphatic rings. The van der Waals surface area contributed by atoms with E-state index in [2.05, 4.69) is 25.9 Å². The highest BCUT2D eigenvalue weighted by Crippen LogP contribution is 2.20. The summed E-state index contributed by atoms with van der Waals surface area (Å²) in [5.74, 6) is -0.419. The summed E-state index contributed by atoms with van der Waals surface area (Å²) in [5.41, 5.74) is 0.334. The van der Waals surface area contributed by atoms with E-state index in [0.717, 1.165) is 0 Å². The van der Waals surface area contributed by atoms with Crippen LogP contribution in [0.4, 0.5) is 4.39 Å². The number of nitrogens with one attached hydrogen (secondary N) is 1. The van der Waals surface area contributed by atoms with Crippen molar-refractivity contribution >= 4 is 15.9 Å². The van der Waals surface area contributed by atoms with E-state index in [1.54, 1.807) is 12.1 Å². The Morgan fingerprint density at radius 2 is 2.20 bits per heavy atom. The third-order valence-electron chi connectivity index (χ3n) is 1.90. The van der Waals surface area contributed by atoms with Gasteiger partial charge in [-0.25, -0.2) is 9.37 Å². The van der Waals surface area contributed by atoms with Crippen LogP contribution >= 0.6 is 15.9 Å². The van der Waals surface area contributed by atoms with Crippen molar-refractivity contribution in [3.05, 3.63) is 51.2 Å². The number of aromatic nitrogens is 2. The smallest absolute Gasteiger partial charge is 0.274 e. The SMILES string of the molecule is O=c1[nH]ccnc1-c1ccc(Br)c(F)c1. The van der Waals surface area contributed by atoms with Crippen LogP contribution in [0.25, 0.3) is 11.3 Å². The Bertz CT molecular complexity index is 553. The topological polar surface area (TPSA) is 45.8 Å². The van der Waals surface area contributed by atoms with E-state index in [1.165, 1.54) is 18.5 Å². The lowest BCUT2D eigenvalue weighted by Crippen LogP contribution is -2.09. The second-order valence-corrected chi connectivity index (χ2v) is 3.75. The minimum absolute atomic E-state index is 0.212. The lowest BCUT2D eigenvalue weighted by molar-refractivity contribution is 0.621. The van der Waals surface area contributed by atoms with Crippen molar-refractivity contribution in [2.75, 3.05) is 0 Å². The molecule has 1 N–H and O–H groups in total. The van der Waals surface area contributed by atoms with Gasteiger partial charge < -0.3 is 4.98 Å². The Kier molecular flexibility index (Phi) is 2.64. The van der Waals surface area contributed by atoms with E-state index in [0.29, 0.717) is 10.0 Å². The van der Waals surface area contributed by atoms with Gasteiger partial charge >= 0.3 is 0 Å². The summed E-state index contributed by atoms with van der Waals surface area (Å²) in [7, 11) is 0. The van der Waals surface area contributed by atoms with Crippen molar-refractivity contribution in [1.82, 2.24) is 9.97 Å². The van der Waals surface area contributed by atoms with Gasteiger partial charge in [-0.05, 0) is 28.1 Å². The number of rotatable bonds is 1. The summed E-state index contributed by atoms with van der Waals surface area (Å²) in [6, 6.07) is 4.44. The van der Waals surface area contributed by atoms with E-state index in [4.69, 9.17) is 0 Å². The first-order chi connectivity index (χ1) is 7.18. The van der Waals surface area contributed by atoms with Gasteiger partial charge in [0.1, 0.15) is 11.5 Å². The van der Waals surface area contributed by atoms with Crippen LogP contribution in [0.5, 0.6) is 0 Å². The molecule has 1 aromatic carbocycles. The number of benzene rings is 1. The van der Waals surface area contributed by atoms with Crippen LogP contribution in [0.3, 0.4) is 0 Å². The summed E-state index contributed by atoms with van der Waals surface area (Å²) in [5, 5.41) is 0. The standard InChI is InChI=1S/C10H6BrFN2O/c11-7-2-1-6(5-8(7)12)9-10(15)14-4-3-13-9/h1-5H,(H,14,15). The molecule has 0 fully saturated rings. The molecule has 15 heavy (non-hydrogen) atoms. The van der Waals surface area contributed by atoms with Gasteiger partial charge in [-0.3, -0.25) is 4.79 Å². The highest BCUT2D eigenvalue weighted by Gasteiger charge is 2.06. The van der Waals surface area contributed by atoms with Gasteiger partial charge in [0.05, 0.1) is 4.47 Å². The second-order valence-electron chi connectivity index (χ2n) is 2.90. The summed E-state index contributed by atoms with van der Waals surface area (Å²) >= 11 is 3.04. The summed E-state index contributed by atoms with van der Waals surface area (Å²) in [6.45, 7) is 0. The zero-order chi connectivity index (χ0) is 10.8. The van der Waals surface area contributed by atoms with Gasteiger partial charge in [-0.2, -0.15) is 0 Å². The van der Waals surface area contributed by atoms with Gasteiger partial charge in [0.2, 0.25) is 0 Å². The fourth-order valence-electron chi connectivity index (χ4n) is 1.20. The largest absolute Gasteiger partial charge is 0.326 e. The van der Waals surface area contributed by atoms with Crippen molar-refractivity contribution in [3.63, 3.8) is 0 Å². The number of H-pyrrole nitrogens is 1. The Labute approximate surface area is 93.1 Å². The third-order valence-corrected chi connectivity index (χ3v) is 2.54. The molecule has 0 radical (unpaired) electrons. The molecular formula is C10H6BrFN2O. The van der Waals surface area contributed by atoms with Crippen LogP contribution in [0.1, 0.15) is 0 Å². The fourth-order valence-corrected chi connectivity index (χ4v) is 1.45. The zero-order valence-electron chi connectivity index (χ0n) is 7.50. The van der Waals surface area contributed by atoms with Crippen LogP contribution in [-0.2, 0) is 0 Å². The monoisotopic (exact) mass is 268 g/mol. The molecule has 0 atom stereocenters. The molecule has 0 saturated heterocycles. The van der Waals surface area contributed by atoms with E-state index < -0.39 is 5.82 Å². The lowest BCUT2D eigenvalue weighted by Gasteiger charge is -2.00. The van der Waals surface area contributed by atoms with Crippen LogP contribution in [-0.4, -0.2) is 9.97 Å². The van der Waals surface area contributed by atoms with Crippen molar-refractivity contribution < 1.29 is 4.39 Å². The molecule has 0 aliphatic heterocycles. The molecule has 0 bridgehead atoms. The zero-order valence-corrected chi connectivity index (χ0v) is 9.08. The molecule has 2 rings (SSSR count).